The fourth-order valence-corrected chi connectivity index (χ4v) is 3.11. The maximum Gasteiger partial charge on any atom is 0.125 e. The van der Waals surface area contributed by atoms with Gasteiger partial charge in [0.05, 0.1) is 0 Å². The first-order valence-electron chi connectivity index (χ1n) is 7.40. The van der Waals surface area contributed by atoms with Crippen molar-refractivity contribution in [3.8, 4) is 5.75 Å². The summed E-state index contributed by atoms with van der Waals surface area (Å²) in [5.41, 5.74) is 7.96. The first-order valence-corrected chi connectivity index (χ1v) is 7.40. The van der Waals surface area contributed by atoms with Gasteiger partial charge in [-0.3, -0.25) is 0 Å². The molecule has 2 N–H and O–H groups in total. The van der Waals surface area contributed by atoms with E-state index in [4.69, 9.17) is 10.5 Å². The van der Waals surface area contributed by atoms with Crippen molar-refractivity contribution in [2.75, 3.05) is 0 Å². The zero-order chi connectivity index (χ0) is 14.9. The van der Waals surface area contributed by atoms with Crippen molar-refractivity contribution >= 4 is 0 Å². The molecule has 0 saturated carbocycles. The molecule has 0 spiro atoms. The third kappa shape index (κ3) is 2.79. The van der Waals surface area contributed by atoms with Gasteiger partial charge in [0.25, 0.3) is 0 Å². The Bertz CT molecular complexity index is 628. The van der Waals surface area contributed by atoms with Crippen LogP contribution in [0.4, 0.5) is 4.39 Å². The van der Waals surface area contributed by atoms with Gasteiger partial charge in [-0.2, -0.15) is 0 Å². The predicted molar refractivity (Wildman–Crippen MR) is 81.7 cm³/mol. The highest BCUT2D eigenvalue weighted by molar-refractivity contribution is 5.39. The standard InChI is InChI=1S/C18H20FNO/c1-2-18(11-13-6-4-3-5-7-13)12-16(20)15-10-14(19)8-9-17(15)21-18/h3-10,16H,2,11-12,20H2,1H3. The predicted octanol–water partition coefficient (Wildman–Crippen LogP) is 4.00. The molecule has 21 heavy (non-hydrogen) atoms. The lowest BCUT2D eigenvalue weighted by molar-refractivity contribution is 0.0319. The average molecular weight is 285 g/mol. The average Bonchev–Trinajstić information content (AvgIpc) is 2.49. The minimum Gasteiger partial charge on any atom is -0.487 e. The van der Waals surface area contributed by atoms with Crippen LogP contribution in [0.1, 0.15) is 36.9 Å². The van der Waals surface area contributed by atoms with Gasteiger partial charge in [-0.25, -0.2) is 4.39 Å². The number of benzene rings is 2. The van der Waals surface area contributed by atoms with Gasteiger partial charge >= 0.3 is 0 Å². The second kappa shape index (κ2) is 5.49. The largest absolute Gasteiger partial charge is 0.487 e. The van der Waals surface area contributed by atoms with E-state index in [0.29, 0.717) is 12.2 Å². The molecule has 0 saturated heterocycles. The Kier molecular flexibility index (Phi) is 3.68. The summed E-state index contributed by atoms with van der Waals surface area (Å²) in [6.45, 7) is 2.12. The Morgan fingerprint density at radius 3 is 2.71 bits per heavy atom. The smallest absolute Gasteiger partial charge is 0.125 e. The first kappa shape index (κ1) is 14.1. The Hall–Kier alpha value is -1.87. The minimum atomic E-state index is -0.314. The van der Waals surface area contributed by atoms with Crippen LogP contribution in [0.3, 0.4) is 0 Å². The van der Waals surface area contributed by atoms with Crippen molar-refractivity contribution in [3.05, 3.63) is 65.5 Å². The van der Waals surface area contributed by atoms with Gasteiger partial charge in [0.2, 0.25) is 0 Å². The van der Waals surface area contributed by atoms with Crippen LogP contribution >= 0.6 is 0 Å². The lowest BCUT2D eigenvalue weighted by Crippen LogP contribution is -2.44. The summed E-state index contributed by atoms with van der Waals surface area (Å²) < 4.78 is 19.6. The molecular weight excluding hydrogens is 265 g/mol. The van der Waals surface area contributed by atoms with E-state index in [1.54, 1.807) is 6.07 Å². The van der Waals surface area contributed by atoms with Crippen molar-refractivity contribution in [3.63, 3.8) is 0 Å². The summed E-state index contributed by atoms with van der Waals surface area (Å²) in [6.07, 6.45) is 2.39. The monoisotopic (exact) mass is 285 g/mol. The Morgan fingerprint density at radius 2 is 2.00 bits per heavy atom. The number of ether oxygens (including phenoxy) is 1. The van der Waals surface area contributed by atoms with Crippen LogP contribution in [0.15, 0.2) is 48.5 Å². The van der Waals surface area contributed by atoms with Crippen LogP contribution in [0.2, 0.25) is 0 Å². The Balaban J connectivity index is 1.92. The molecule has 0 aromatic heterocycles. The fraction of sp³-hybridized carbons (Fsp3) is 0.333. The van der Waals surface area contributed by atoms with Crippen LogP contribution in [0.25, 0.3) is 0 Å². The van der Waals surface area contributed by atoms with Gasteiger partial charge in [-0.15, -0.1) is 0 Å². The molecule has 2 aromatic carbocycles. The lowest BCUT2D eigenvalue weighted by Gasteiger charge is -2.41. The number of rotatable bonds is 3. The zero-order valence-electron chi connectivity index (χ0n) is 12.2. The van der Waals surface area contributed by atoms with Gasteiger partial charge in [-0.1, -0.05) is 37.3 Å². The molecule has 110 valence electrons. The summed E-state index contributed by atoms with van der Waals surface area (Å²) in [5.74, 6) is 0.452. The van der Waals surface area contributed by atoms with Crippen molar-refractivity contribution in [2.45, 2.75) is 37.8 Å². The van der Waals surface area contributed by atoms with E-state index < -0.39 is 0 Å². The molecule has 1 aliphatic heterocycles. The van der Waals surface area contributed by atoms with Crippen molar-refractivity contribution in [1.29, 1.82) is 0 Å². The van der Waals surface area contributed by atoms with Crippen LogP contribution in [-0.4, -0.2) is 5.60 Å². The molecule has 0 amide bonds. The van der Waals surface area contributed by atoms with Crippen molar-refractivity contribution < 1.29 is 9.13 Å². The van der Waals surface area contributed by atoms with E-state index in [9.17, 15) is 4.39 Å². The molecule has 2 nitrogen and oxygen atoms in total. The highest BCUT2D eigenvalue weighted by atomic mass is 19.1. The van der Waals surface area contributed by atoms with E-state index in [1.807, 2.05) is 18.2 Å². The summed E-state index contributed by atoms with van der Waals surface area (Å²) in [7, 11) is 0. The van der Waals surface area contributed by atoms with Gasteiger partial charge in [-0.05, 0) is 30.2 Å². The van der Waals surface area contributed by atoms with Crippen molar-refractivity contribution in [2.24, 2.45) is 5.73 Å². The Morgan fingerprint density at radius 1 is 1.24 bits per heavy atom. The minimum absolute atomic E-state index is 0.187. The summed E-state index contributed by atoms with van der Waals surface area (Å²) in [6, 6.07) is 14.7. The quantitative estimate of drug-likeness (QED) is 0.925. The van der Waals surface area contributed by atoms with E-state index in [-0.39, 0.29) is 17.5 Å². The van der Waals surface area contributed by atoms with E-state index in [1.165, 1.54) is 17.7 Å². The molecule has 0 bridgehead atoms. The zero-order valence-corrected chi connectivity index (χ0v) is 12.2. The molecule has 2 atom stereocenters. The number of nitrogens with two attached hydrogens (primary N) is 1. The molecule has 2 aromatic rings. The maximum atomic E-state index is 13.4. The second-order valence-corrected chi connectivity index (χ2v) is 5.79. The molecule has 0 aliphatic carbocycles. The van der Waals surface area contributed by atoms with E-state index in [0.717, 1.165) is 18.4 Å². The number of halogens is 1. The number of hydrogen-bond donors (Lipinski definition) is 1. The highest BCUT2D eigenvalue weighted by Crippen LogP contribution is 2.41. The molecular formula is C18H20FNO. The van der Waals surface area contributed by atoms with Gasteiger partial charge in [0, 0.05) is 24.4 Å². The molecule has 3 heteroatoms. The highest BCUT2D eigenvalue weighted by Gasteiger charge is 2.38. The van der Waals surface area contributed by atoms with Crippen LogP contribution in [0.5, 0.6) is 5.75 Å². The lowest BCUT2D eigenvalue weighted by atomic mass is 9.81. The first-order chi connectivity index (χ1) is 10.1. The van der Waals surface area contributed by atoms with Gasteiger partial charge in [0.1, 0.15) is 17.2 Å². The normalized spacial score (nSPS) is 24.2. The fourth-order valence-electron chi connectivity index (χ4n) is 3.11. The summed E-state index contributed by atoms with van der Waals surface area (Å²) in [4.78, 5) is 0. The molecule has 3 rings (SSSR count). The summed E-state index contributed by atoms with van der Waals surface area (Å²) >= 11 is 0. The van der Waals surface area contributed by atoms with E-state index in [2.05, 4.69) is 19.1 Å². The number of hydrogen-bond acceptors (Lipinski definition) is 2. The summed E-state index contributed by atoms with van der Waals surface area (Å²) in [5, 5.41) is 0. The molecule has 0 radical (unpaired) electrons. The molecule has 1 aliphatic rings. The molecule has 0 fully saturated rings. The van der Waals surface area contributed by atoms with Gasteiger partial charge < -0.3 is 10.5 Å². The maximum absolute atomic E-state index is 13.4. The second-order valence-electron chi connectivity index (χ2n) is 5.79. The SMILES string of the molecule is CCC1(Cc2ccccc2)CC(N)c2cc(F)ccc2O1. The third-order valence-electron chi connectivity index (χ3n) is 4.30. The van der Waals surface area contributed by atoms with Crippen LogP contribution in [0, 0.1) is 5.82 Å². The third-order valence-corrected chi connectivity index (χ3v) is 4.30. The van der Waals surface area contributed by atoms with Crippen LogP contribution in [-0.2, 0) is 6.42 Å². The van der Waals surface area contributed by atoms with Gasteiger partial charge in [0.15, 0.2) is 0 Å². The van der Waals surface area contributed by atoms with E-state index >= 15 is 0 Å². The van der Waals surface area contributed by atoms with Crippen LogP contribution < -0.4 is 10.5 Å². The molecule has 2 unspecified atom stereocenters. The Labute approximate surface area is 124 Å². The van der Waals surface area contributed by atoms with Crippen molar-refractivity contribution in [1.82, 2.24) is 0 Å². The number of fused-ring (bicyclic) bond motifs is 1. The topological polar surface area (TPSA) is 35.2 Å². The molecule has 1 heterocycles.